The van der Waals surface area contributed by atoms with Gasteiger partial charge >= 0.3 is 5.97 Å². The number of anilines is 2. The molecule has 1 fully saturated rings. The molecule has 0 bridgehead atoms. The topological polar surface area (TPSA) is 107 Å². The van der Waals surface area contributed by atoms with Crippen LogP contribution in [0.5, 0.6) is 0 Å². The summed E-state index contributed by atoms with van der Waals surface area (Å²) < 4.78 is 0.184. The quantitative estimate of drug-likeness (QED) is 0.461. The van der Waals surface area contributed by atoms with Gasteiger partial charge in [0.2, 0.25) is 5.91 Å². The molecule has 0 spiro atoms. The third-order valence-electron chi connectivity index (χ3n) is 5.00. The number of benzene rings is 2. The zero-order valence-electron chi connectivity index (χ0n) is 16.9. The standard InChI is InChI=1S/C22H16ClN3O5S2/c23-13-6-2-3-7-14(13)24-16(27)11-26-15-8-4-1-5-12(15)18(20(26)30)19-21(31)25(22(32)33-19)10-9-17(28)29/h1-8H,9-11H2,(H,24,27)(H,28,29). The Morgan fingerprint density at radius 3 is 2.45 bits per heavy atom. The number of thiocarbonyl (C=S) groups is 1. The highest BCUT2D eigenvalue weighted by Gasteiger charge is 2.42. The Labute approximate surface area is 203 Å². The Morgan fingerprint density at radius 2 is 1.73 bits per heavy atom. The average molecular weight is 502 g/mol. The monoisotopic (exact) mass is 501 g/mol. The summed E-state index contributed by atoms with van der Waals surface area (Å²) in [5.41, 5.74) is 1.56. The molecule has 0 radical (unpaired) electrons. The largest absolute Gasteiger partial charge is 0.481 e. The van der Waals surface area contributed by atoms with E-state index in [0.29, 0.717) is 22.0 Å². The molecular formula is C22H16ClN3O5S2. The molecule has 168 valence electrons. The Bertz CT molecular complexity index is 1250. The summed E-state index contributed by atoms with van der Waals surface area (Å²) in [7, 11) is 0. The van der Waals surface area contributed by atoms with Gasteiger partial charge in [-0.15, -0.1) is 0 Å². The summed E-state index contributed by atoms with van der Waals surface area (Å²) in [6, 6.07) is 13.6. The first-order chi connectivity index (χ1) is 15.8. The fourth-order valence-electron chi connectivity index (χ4n) is 3.50. The summed E-state index contributed by atoms with van der Waals surface area (Å²) >= 11 is 12.3. The fraction of sp³-hybridized carbons (Fsp3) is 0.136. The number of carbonyl (C=O) groups excluding carboxylic acids is 3. The van der Waals surface area contributed by atoms with Gasteiger partial charge < -0.3 is 10.4 Å². The lowest BCUT2D eigenvalue weighted by Gasteiger charge is -2.17. The van der Waals surface area contributed by atoms with Crippen LogP contribution in [-0.2, 0) is 19.2 Å². The molecule has 0 atom stereocenters. The molecule has 2 N–H and O–H groups in total. The maximum Gasteiger partial charge on any atom is 0.305 e. The number of halogens is 1. The van der Waals surface area contributed by atoms with E-state index in [1.165, 1.54) is 9.80 Å². The molecule has 33 heavy (non-hydrogen) atoms. The second-order valence-electron chi connectivity index (χ2n) is 7.11. The molecule has 8 nitrogen and oxygen atoms in total. The first-order valence-electron chi connectivity index (χ1n) is 9.73. The van der Waals surface area contributed by atoms with Crippen LogP contribution in [0.4, 0.5) is 11.4 Å². The van der Waals surface area contributed by atoms with Crippen molar-refractivity contribution in [1.82, 2.24) is 4.90 Å². The minimum absolute atomic E-state index is 0.0867. The van der Waals surface area contributed by atoms with Gasteiger partial charge in [0.25, 0.3) is 11.8 Å². The summed E-state index contributed by atoms with van der Waals surface area (Å²) in [6.45, 7) is -0.375. The number of para-hydroxylation sites is 2. The maximum atomic E-state index is 13.4. The van der Waals surface area contributed by atoms with Crippen LogP contribution in [0.15, 0.2) is 53.4 Å². The molecule has 0 aromatic heterocycles. The lowest BCUT2D eigenvalue weighted by Crippen LogP contribution is -2.35. The van der Waals surface area contributed by atoms with Gasteiger partial charge in [-0.05, 0) is 18.2 Å². The lowest BCUT2D eigenvalue weighted by atomic mass is 10.1. The van der Waals surface area contributed by atoms with Crippen LogP contribution in [0.1, 0.15) is 12.0 Å². The number of aliphatic carboxylic acids is 1. The third-order valence-corrected chi connectivity index (χ3v) is 6.78. The van der Waals surface area contributed by atoms with Gasteiger partial charge in [0, 0.05) is 12.1 Å². The molecular weight excluding hydrogens is 486 g/mol. The van der Waals surface area contributed by atoms with Gasteiger partial charge in [-0.3, -0.25) is 29.0 Å². The van der Waals surface area contributed by atoms with Crippen molar-refractivity contribution in [2.24, 2.45) is 0 Å². The van der Waals surface area contributed by atoms with Gasteiger partial charge in [0.1, 0.15) is 10.9 Å². The number of hydrogen-bond donors (Lipinski definition) is 2. The van der Waals surface area contributed by atoms with Crippen LogP contribution in [0.3, 0.4) is 0 Å². The Balaban J connectivity index is 1.63. The van der Waals surface area contributed by atoms with Crippen molar-refractivity contribution < 1.29 is 24.3 Å². The fourth-order valence-corrected chi connectivity index (χ4v) is 5.07. The highest BCUT2D eigenvalue weighted by molar-refractivity contribution is 8.26. The van der Waals surface area contributed by atoms with Crippen molar-refractivity contribution in [2.75, 3.05) is 23.3 Å². The van der Waals surface area contributed by atoms with Crippen LogP contribution in [0.25, 0.3) is 5.57 Å². The molecule has 3 amide bonds. The average Bonchev–Trinajstić information content (AvgIpc) is 3.20. The number of rotatable bonds is 6. The Kier molecular flexibility index (Phi) is 6.50. The van der Waals surface area contributed by atoms with E-state index in [4.69, 9.17) is 28.9 Å². The number of nitrogens with one attached hydrogen (secondary N) is 1. The number of nitrogens with zero attached hydrogens (tertiary/aromatic N) is 2. The molecule has 0 unspecified atom stereocenters. The molecule has 2 aliphatic rings. The molecule has 2 aromatic rings. The van der Waals surface area contributed by atoms with Crippen LogP contribution in [0.2, 0.25) is 5.02 Å². The Hall–Kier alpha value is -3.21. The van der Waals surface area contributed by atoms with Gasteiger partial charge in [0.15, 0.2) is 0 Å². The van der Waals surface area contributed by atoms with Gasteiger partial charge in [-0.1, -0.05) is 65.9 Å². The number of fused-ring (bicyclic) bond motifs is 1. The van der Waals surface area contributed by atoms with E-state index in [9.17, 15) is 19.2 Å². The van der Waals surface area contributed by atoms with Crippen molar-refractivity contribution in [3.05, 3.63) is 64.0 Å². The molecule has 2 aromatic carbocycles. The summed E-state index contributed by atoms with van der Waals surface area (Å²) in [5.74, 6) is -2.55. The van der Waals surface area contributed by atoms with Crippen molar-refractivity contribution in [2.45, 2.75) is 6.42 Å². The molecule has 11 heteroatoms. The normalized spacial score (nSPS) is 17.5. The van der Waals surface area contributed by atoms with E-state index in [2.05, 4.69) is 5.32 Å². The van der Waals surface area contributed by atoms with Crippen LogP contribution < -0.4 is 10.2 Å². The molecule has 0 saturated carbocycles. The molecule has 2 aliphatic heterocycles. The van der Waals surface area contributed by atoms with E-state index in [1.54, 1.807) is 48.5 Å². The first kappa shape index (κ1) is 23.0. The molecule has 4 rings (SSSR count). The molecule has 2 heterocycles. The van der Waals surface area contributed by atoms with E-state index < -0.39 is 23.7 Å². The van der Waals surface area contributed by atoms with E-state index in [0.717, 1.165) is 11.8 Å². The zero-order valence-corrected chi connectivity index (χ0v) is 19.3. The second-order valence-corrected chi connectivity index (χ2v) is 9.16. The van der Waals surface area contributed by atoms with Crippen LogP contribution in [0, 0.1) is 0 Å². The van der Waals surface area contributed by atoms with Crippen molar-refractivity contribution in [3.63, 3.8) is 0 Å². The minimum atomic E-state index is -1.06. The molecule has 1 saturated heterocycles. The van der Waals surface area contributed by atoms with Crippen LogP contribution >= 0.6 is 35.6 Å². The first-order valence-corrected chi connectivity index (χ1v) is 11.3. The van der Waals surface area contributed by atoms with Gasteiger partial charge in [0.05, 0.1) is 33.3 Å². The van der Waals surface area contributed by atoms with E-state index in [-0.39, 0.29) is 34.3 Å². The predicted molar refractivity (Wildman–Crippen MR) is 130 cm³/mol. The van der Waals surface area contributed by atoms with Gasteiger partial charge in [-0.25, -0.2) is 0 Å². The Morgan fingerprint density at radius 1 is 1.03 bits per heavy atom. The highest BCUT2D eigenvalue weighted by atomic mass is 35.5. The summed E-state index contributed by atoms with van der Waals surface area (Å²) in [5, 5.41) is 12.0. The zero-order chi connectivity index (χ0) is 23.7. The predicted octanol–water partition coefficient (Wildman–Crippen LogP) is 3.37. The van der Waals surface area contributed by atoms with Crippen LogP contribution in [-0.4, -0.2) is 51.1 Å². The molecule has 0 aliphatic carbocycles. The van der Waals surface area contributed by atoms with E-state index in [1.807, 2.05) is 0 Å². The van der Waals surface area contributed by atoms with Crippen molar-refractivity contribution in [3.8, 4) is 0 Å². The minimum Gasteiger partial charge on any atom is -0.481 e. The number of amides is 3. The number of carboxylic acids is 1. The number of carbonyl (C=O) groups is 4. The smallest absolute Gasteiger partial charge is 0.305 e. The summed E-state index contributed by atoms with van der Waals surface area (Å²) in [6.07, 6.45) is -0.270. The lowest BCUT2D eigenvalue weighted by molar-refractivity contribution is -0.137. The van der Waals surface area contributed by atoms with E-state index >= 15 is 0 Å². The number of carboxylic acid groups (broad SMARTS) is 1. The second kappa shape index (κ2) is 9.34. The number of hydrogen-bond acceptors (Lipinski definition) is 6. The SMILES string of the molecule is O=C(O)CCN1C(=O)C(=C2C(=O)N(CC(=O)Nc3ccccc3Cl)c3ccccc32)SC1=S. The van der Waals surface area contributed by atoms with Crippen molar-refractivity contribution in [1.29, 1.82) is 0 Å². The maximum absolute atomic E-state index is 13.4. The van der Waals surface area contributed by atoms with Gasteiger partial charge in [-0.2, -0.15) is 0 Å². The van der Waals surface area contributed by atoms with Crippen molar-refractivity contribution >= 4 is 80.5 Å². The third kappa shape index (κ3) is 4.50. The highest BCUT2D eigenvalue weighted by Crippen LogP contribution is 2.44. The summed E-state index contributed by atoms with van der Waals surface area (Å²) in [4.78, 5) is 52.5. The number of thioether (sulfide) groups is 1.